The second kappa shape index (κ2) is 35.9. The van der Waals surface area contributed by atoms with E-state index < -0.39 is 12.3 Å². The van der Waals surface area contributed by atoms with Gasteiger partial charge in [0.2, 0.25) is 0 Å². The molecule has 0 aromatic heterocycles. The fourth-order valence-corrected chi connectivity index (χ4v) is 5.24. The van der Waals surface area contributed by atoms with E-state index in [0.29, 0.717) is 33.0 Å². The minimum absolute atomic E-state index is 0.141. The molecule has 0 radical (unpaired) electrons. The zero-order chi connectivity index (χ0) is 32.2. The molecule has 8 heteroatoms. The average Bonchev–Trinajstić information content (AvgIpc) is 3.02. The van der Waals surface area contributed by atoms with Crippen molar-refractivity contribution in [1.82, 2.24) is 4.90 Å². The van der Waals surface area contributed by atoms with Gasteiger partial charge in [0.1, 0.15) is 0 Å². The summed E-state index contributed by atoms with van der Waals surface area (Å²) in [5, 5.41) is 9.40. The average molecular weight is 630 g/mol. The predicted octanol–water partition coefficient (Wildman–Crippen LogP) is 9.99. The summed E-state index contributed by atoms with van der Waals surface area (Å²) >= 11 is 0. The van der Waals surface area contributed by atoms with E-state index in [4.69, 9.17) is 18.9 Å². The van der Waals surface area contributed by atoms with Crippen LogP contribution in [0.1, 0.15) is 168 Å². The Morgan fingerprint density at radius 1 is 0.409 bits per heavy atom. The summed E-state index contributed by atoms with van der Waals surface area (Å²) < 4.78 is 20.7. The fourth-order valence-electron chi connectivity index (χ4n) is 5.24. The summed E-state index contributed by atoms with van der Waals surface area (Å²) in [5.41, 5.74) is 0. The predicted molar refractivity (Wildman–Crippen MR) is 180 cm³/mol. The van der Waals surface area contributed by atoms with Crippen LogP contribution in [0.25, 0.3) is 0 Å². The molecule has 0 aromatic carbocycles. The van der Waals surface area contributed by atoms with Crippen molar-refractivity contribution in [2.45, 2.75) is 168 Å². The number of ether oxygens (including phenoxy) is 4. The van der Waals surface area contributed by atoms with Crippen LogP contribution in [0.5, 0.6) is 0 Å². The quantitative estimate of drug-likeness (QED) is 0.0555. The molecule has 0 atom stereocenters. The third kappa shape index (κ3) is 33.4. The zero-order valence-electron chi connectivity index (χ0n) is 29.0. The summed E-state index contributed by atoms with van der Waals surface area (Å²) in [6.07, 6.45) is 26.7. The number of rotatable bonds is 34. The summed E-state index contributed by atoms with van der Waals surface area (Å²) in [5.74, 6) is 0. The lowest BCUT2D eigenvalue weighted by Gasteiger charge is -2.21. The molecule has 0 aliphatic heterocycles. The van der Waals surface area contributed by atoms with Gasteiger partial charge in [-0.2, -0.15) is 0 Å². The van der Waals surface area contributed by atoms with Crippen LogP contribution in [-0.4, -0.2) is 75.0 Å². The minimum Gasteiger partial charge on any atom is -0.434 e. The van der Waals surface area contributed by atoms with Crippen LogP contribution in [-0.2, 0) is 18.9 Å². The molecule has 0 aliphatic carbocycles. The Bertz CT molecular complexity index is 557. The molecule has 0 saturated heterocycles. The standard InChI is InChI=1S/C36H71NO7/c1-3-5-7-9-11-13-15-17-23-31-41-35(39)43-33-25-19-21-27-37(29-30-38)28-22-20-26-34-44-36(40)42-32-24-18-16-14-12-10-8-6-4-2/h38H,3-34H2,1-2H3. The lowest BCUT2D eigenvalue weighted by molar-refractivity contribution is 0.0520. The van der Waals surface area contributed by atoms with Crippen LogP contribution in [0, 0.1) is 0 Å². The molecule has 1 N–H and O–H groups in total. The number of carbonyl (C=O) groups is 2. The van der Waals surface area contributed by atoms with Crippen LogP contribution in [0.3, 0.4) is 0 Å². The van der Waals surface area contributed by atoms with Crippen molar-refractivity contribution in [3.05, 3.63) is 0 Å². The third-order valence-corrected chi connectivity index (χ3v) is 8.03. The Labute approximate surface area is 271 Å². The van der Waals surface area contributed by atoms with Gasteiger partial charge in [0.05, 0.1) is 33.0 Å². The Hall–Kier alpha value is -1.54. The van der Waals surface area contributed by atoms with Gasteiger partial charge >= 0.3 is 12.3 Å². The Balaban J connectivity index is 3.55. The molecule has 0 aliphatic rings. The van der Waals surface area contributed by atoms with Crippen LogP contribution in [0.15, 0.2) is 0 Å². The monoisotopic (exact) mass is 630 g/mol. The van der Waals surface area contributed by atoms with Gasteiger partial charge in [-0.05, 0) is 64.5 Å². The molecular weight excluding hydrogens is 558 g/mol. The summed E-state index contributed by atoms with van der Waals surface area (Å²) in [7, 11) is 0. The van der Waals surface area contributed by atoms with E-state index in [0.717, 1.165) is 77.3 Å². The Morgan fingerprint density at radius 2 is 0.682 bits per heavy atom. The highest BCUT2D eigenvalue weighted by atomic mass is 16.7. The van der Waals surface area contributed by atoms with E-state index in [2.05, 4.69) is 18.7 Å². The molecule has 0 bridgehead atoms. The number of unbranched alkanes of at least 4 members (excludes halogenated alkanes) is 20. The van der Waals surface area contributed by atoms with Crippen LogP contribution in [0.4, 0.5) is 9.59 Å². The molecule has 0 rings (SSSR count). The van der Waals surface area contributed by atoms with Crippen molar-refractivity contribution in [3.63, 3.8) is 0 Å². The van der Waals surface area contributed by atoms with Crippen LogP contribution >= 0.6 is 0 Å². The molecule has 0 unspecified atom stereocenters. The first kappa shape index (κ1) is 42.5. The zero-order valence-corrected chi connectivity index (χ0v) is 29.0. The summed E-state index contributed by atoms with van der Waals surface area (Å²) in [6, 6.07) is 0. The first-order chi connectivity index (χ1) is 21.6. The number of aliphatic hydroxyl groups excluding tert-OH is 1. The molecule has 262 valence electrons. The second-order valence-corrected chi connectivity index (χ2v) is 12.2. The number of carbonyl (C=O) groups excluding carboxylic acids is 2. The van der Waals surface area contributed by atoms with Crippen LogP contribution < -0.4 is 0 Å². The van der Waals surface area contributed by atoms with Crippen molar-refractivity contribution >= 4 is 12.3 Å². The molecule has 0 spiro atoms. The van der Waals surface area contributed by atoms with Gasteiger partial charge in [0.15, 0.2) is 0 Å². The van der Waals surface area contributed by atoms with Crippen molar-refractivity contribution in [3.8, 4) is 0 Å². The maximum absolute atomic E-state index is 11.7. The number of nitrogens with zero attached hydrogens (tertiary/aromatic N) is 1. The van der Waals surface area contributed by atoms with Crippen molar-refractivity contribution in [2.75, 3.05) is 52.7 Å². The normalized spacial score (nSPS) is 11.2. The molecule has 0 heterocycles. The van der Waals surface area contributed by atoms with Crippen molar-refractivity contribution in [2.24, 2.45) is 0 Å². The van der Waals surface area contributed by atoms with E-state index in [1.54, 1.807) is 0 Å². The Kier molecular flexibility index (Phi) is 34.7. The van der Waals surface area contributed by atoms with Crippen molar-refractivity contribution in [1.29, 1.82) is 0 Å². The van der Waals surface area contributed by atoms with E-state index in [1.165, 1.54) is 89.9 Å². The highest BCUT2D eigenvalue weighted by molar-refractivity contribution is 5.60. The van der Waals surface area contributed by atoms with Gasteiger partial charge in [-0.1, -0.05) is 117 Å². The van der Waals surface area contributed by atoms with Crippen molar-refractivity contribution < 1.29 is 33.6 Å². The highest BCUT2D eigenvalue weighted by Gasteiger charge is 2.07. The number of aliphatic hydroxyl groups is 1. The van der Waals surface area contributed by atoms with Gasteiger partial charge in [-0.25, -0.2) is 9.59 Å². The van der Waals surface area contributed by atoms with Crippen LogP contribution in [0.2, 0.25) is 0 Å². The fraction of sp³-hybridized carbons (Fsp3) is 0.944. The summed E-state index contributed by atoms with van der Waals surface area (Å²) in [4.78, 5) is 25.7. The smallest absolute Gasteiger partial charge is 0.434 e. The lowest BCUT2D eigenvalue weighted by Crippen LogP contribution is -2.29. The summed E-state index contributed by atoms with van der Waals surface area (Å²) in [6.45, 7) is 8.76. The largest absolute Gasteiger partial charge is 0.508 e. The molecule has 0 aromatic rings. The minimum atomic E-state index is -0.553. The molecule has 0 saturated carbocycles. The molecule has 44 heavy (non-hydrogen) atoms. The maximum atomic E-state index is 11.7. The number of hydrogen-bond acceptors (Lipinski definition) is 8. The van der Waals surface area contributed by atoms with Gasteiger partial charge in [0, 0.05) is 6.54 Å². The van der Waals surface area contributed by atoms with E-state index in [1.807, 2.05) is 0 Å². The Morgan fingerprint density at radius 3 is 0.977 bits per heavy atom. The van der Waals surface area contributed by atoms with E-state index >= 15 is 0 Å². The first-order valence-corrected chi connectivity index (χ1v) is 18.6. The molecule has 8 nitrogen and oxygen atoms in total. The molecule has 0 amide bonds. The SMILES string of the molecule is CCCCCCCCCCCOC(=O)OCCCCCN(CCO)CCCCCOC(=O)OCCCCCCCCCCC. The molecule has 0 fully saturated rings. The number of hydrogen-bond donors (Lipinski definition) is 1. The highest BCUT2D eigenvalue weighted by Crippen LogP contribution is 2.11. The second-order valence-electron chi connectivity index (χ2n) is 12.2. The van der Waals surface area contributed by atoms with Gasteiger partial charge in [-0.15, -0.1) is 0 Å². The topological polar surface area (TPSA) is 94.5 Å². The lowest BCUT2D eigenvalue weighted by atomic mass is 10.1. The van der Waals surface area contributed by atoms with Gasteiger partial charge < -0.3 is 29.0 Å². The van der Waals surface area contributed by atoms with Gasteiger partial charge in [0.25, 0.3) is 0 Å². The van der Waals surface area contributed by atoms with Gasteiger partial charge in [-0.3, -0.25) is 0 Å². The third-order valence-electron chi connectivity index (χ3n) is 8.03. The van der Waals surface area contributed by atoms with E-state index in [-0.39, 0.29) is 6.61 Å². The first-order valence-electron chi connectivity index (χ1n) is 18.6. The van der Waals surface area contributed by atoms with E-state index in [9.17, 15) is 14.7 Å². The maximum Gasteiger partial charge on any atom is 0.508 e. The molecular formula is C36H71NO7.